The molecule has 0 aliphatic heterocycles. The van der Waals surface area contributed by atoms with Gasteiger partial charge < -0.3 is 10.5 Å². The average Bonchev–Trinajstić information content (AvgIpc) is 2.33. The van der Waals surface area contributed by atoms with E-state index >= 15 is 0 Å². The van der Waals surface area contributed by atoms with E-state index in [1.807, 2.05) is 6.92 Å². The third-order valence-electron chi connectivity index (χ3n) is 2.95. The van der Waals surface area contributed by atoms with Gasteiger partial charge in [-0.2, -0.15) is 5.26 Å². The third kappa shape index (κ3) is 4.77. The average molecular weight is 246 g/mol. The van der Waals surface area contributed by atoms with Crippen molar-refractivity contribution in [3.8, 4) is 11.8 Å². The van der Waals surface area contributed by atoms with Crippen molar-refractivity contribution in [3.05, 3.63) is 29.3 Å². The van der Waals surface area contributed by atoms with Gasteiger partial charge in [0.25, 0.3) is 0 Å². The second-order valence-corrected chi connectivity index (χ2v) is 5.10. The molecule has 18 heavy (non-hydrogen) atoms. The molecule has 1 unspecified atom stereocenters. The maximum Gasteiger partial charge on any atom is 0.122 e. The number of nitrogens with two attached hydrogens (primary N) is 1. The normalized spacial score (nSPS) is 13.7. The van der Waals surface area contributed by atoms with Gasteiger partial charge in [-0.1, -0.05) is 12.1 Å². The molecule has 3 heteroatoms. The van der Waals surface area contributed by atoms with E-state index < -0.39 is 5.54 Å². The minimum absolute atomic E-state index is 0.672. The highest BCUT2D eigenvalue weighted by Crippen LogP contribution is 2.19. The fourth-order valence-electron chi connectivity index (χ4n) is 1.70. The zero-order chi connectivity index (χ0) is 13.6. The Hall–Kier alpha value is -1.53. The van der Waals surface area contributed by atoms with Crippen molar-refractivity contribution in [1.82, 2.24) is 0 Å². The van der Waals surface area contributed by atoms with E-state index in [0.29, 0.717) is 13.0 Å². The molecule has 3 nitrogen and oxygen atoms in total. The molecule has 0 aromatic heterocycles. The predicted octanol–water partition coefficient (Wildman–Crippen LogP) is 3.09. The molecule has 0 radical (unpaired) electrons. The number of unbranched alkanes of at least 4 members (excludes halogenated alkanes) is 1. The van der Waals surface area contributed by atoms with Crippen molar-refractivity contribution in [3.63, 3.8) is 0 Å². The minimum Gasteiger partial charge on any atom is -0.493 e. The highest BCUT2D eigenvalue weighted by atomic mass is 16.5. The van der Waals surface area contributed by atoms with Crippen LogP contribution in [0.5, 0.6) is 5.75 Å². The number of nitrogens with zero attached hydrogens (tertiary/aromatic N) is 1. The molecule has 1 rings (SSSR count). The zero-order valence-electron chi connectivity index (χ0n) is 11.5. The first-order valence-corrected chi connectivity index (χ1v) is 6.35. The summed E-state index contributed by atoms with van der Waals surface area (Å²) in [6.07, 6.45) is 2.53. The van der Waals surface area contributed by atoms with Crippen molar-refractivity contribution in [1.29, 1.82) is 5.26 Å². The molecule has 0 bridgehead atoms. The summed E-state index contributed by atoms with van der Waals surface area (Å²) in [5.41, 5.74) is 7.40. The van der Waals surface area contributed by atoms with Crippen LogP contribution < -0.4 is 10.5 Å². The van der Waals surface area contributed by atoms with Crippen LogP contribution in [0.3, 0.4) is 0 Å². The van der Waals surface area contributed by atoms with E-state index in [0.717, 1.165) is 24.2 Å². The zero-order valence-corrected chi connectivity index (χ0v) is 11.5. The van der Waals surface area contributed by atoms with E-state index in [2.05, 4.69) is 31.2 Å². The van der Waals surface area contributed by atoms with Crippen LogP contribution >= 0.6 is 0 Å². The number of hydrogen-bond donors (Lipinski definition) is 1. The SMILES string of the molecule is Cc1ccc(C)c(OCCCCC(C)(N)C#N)c1. The summed E-state index contributed by atoms with van der Waals surface area (Å²) in [5, 5.41) is 8.79. The second-order valence-electron chi connectivity index (χ2n) is 5.10. The molecule has 2 N–H and O–H groups in total. The van der Waals surface area contributed by atoms with Crippen LogP contribution in [0.4, 0.5) is 0 Å². The first-order chi connectivity index (χ1) is 8.44. The molecule has 1 aromatic rings. The molecule has 98 valence electrons. The minimum atomic E-state index is -0.709. The molecule has 0 spiro atoms. The third-order valence-corrected chi connectivity index (χ3v) is 2.95. The lowest BCUT2D eigenvalue weighted by molar-refractivity contribution is 0.299. The van der Waals surface area contributed by atoms with E-state index in [4.69, 9.17) is 15.7 Å². The van der Waals surface area contributed by atoms with Crippen LogP contribution in [0.15, 0.2) is 18.2 Å². The van der Waals surface area contributed by atoms with Gasteiger partial charge >= 0.3 is 0 Å². The first-order valence-electron chi connectivity index (χ1n) is 6.35. The van der Waals surface area contributed by atoms with Gasteiger partial charge in [-0.25, -0.2) is 0 Å². The van der Waals surface area contributed by atoms with Gasteiger partial charge in [0.15, 0.2) is 0 Å². The lowest BCUT2D eigenvalue weighted by Crippen LogP contribution is -2.33. The standard InChI is InChI=1S/C15H22N2O/c1-12-6-7-13(2)14(10-12)18-9-5-4-8-15(3,17)11-16/h6-7,10H,4-5,8-9,17H2,1-3H3. The van der Waals surface area contributed by atoms with E-state index in [1.54, 1.807) is 6.92 Å². The molecule has 0 heterocycles. The summed E-state index contributed by atoms with van der Waals surface area (Å²) >= 11 is 0. The maximum atomic E-state index is 8.79. The van der Waals surface area contributed by atoms with Crippen LogP contribution in [-0.4, -0.2) is 12.1 Å². The number of rotatable bonds is 6. The fraction of sp³-hybridized carbons (Fsp3) is 0.533. The number of benzene rings is 1. The Labute approximate surface area is 110 Å². The summed E-state index contributed by atoms with van der Waals surface area (Å²) in [4.78, 5) is 0. The Morgan fingerprint density at radius 3 is 2.72 bits per heavy atom. The van der Waals surface area contributed by atoms with Gasteiger partial charge in [0, 0.05) is 0 Å². The summed E-state index contributed by atoms with van der Waals surface area (Å²) < 4.78 is 5.74. The van der Waals surface area contributed by atoms with Gasteiger partial charge in [-0.05, 0) is 57.2 Å². The number of nitriles is 1. The lowest BCUT2D eigenvalue weighted by Gasteiger charge is -2.15. The maximum absolute atomic E-state index is 8.79. The van der Waals surface area contributed by atoms with E-state index in [9.17, 15) is 0 Å². The Balaban J connectivity index is 2.30. The van der Waals surface area contributed by atoms with Gasteiger partial charge in [-0.3, -0.25) is 0 Å². The van der Waals surface area contributed by atoms with Gasteiger partial charge in [0.2, 0.25) is 0 Å². The van der Waals surface area contributed by atoms with E-state index in [-0.39, 0.29) is 0 Å². The smallest absolute Gasteiger partial charge is 0.122 e. The van der Waals surface area contributed by atoms with Crippen LogP contribution in [0.2, 0.25) is 0 Å². The molecule has 1 aromatic carbocycles. The molecular formula is C15H22N2O. The van der Waals surface area contributed by atoms with Crippen molar-refractivity contribution in [2.24, 2.45) is 5.73 Å². The molecular weight excluding hydrogens is 224 g/mol. The molecule has 0 saturated carbocycles. The number of ether oxygens (including phenoxy) is 1. The highest BCUT2D eigenvalue weighted by molar-refractivity contribution is 5.35. The largest absolute Gasteiger partial charge is 0.493 e. The molecule has 0 amide bonds. The number of hydrogen-bond acceptors (Lipinski definition) is 3. The van der Waals surface area contributed by atoms with Crippen molar-refractivity contribution in [2.75, 3.05) is 6.61 Å². The van der Waals surface area contributed by atoms with Gasteiger partial charge in [0.05, 0.1) is 12.7 Å². The van der Waals surface area contributed by atoms with Crippen LogP contribution in [-0.2, 0) is 0 Å². The topological polar surface area (TPSA) is 59.0 Å². The molecule has 1 atom stereocenters. The van der Waals surface area contributed by atoms with Gasteiger partial charge in [0.1, 0.15) is 11.3 Å². The Morgan fingerprint density at radius 2 is 2.06 bits per heavy atom. The summed E-state index contributed by atoms with van der Waals surface area (Å²) in [6, 6.07) is 8.30. The molecule has 0 aliphatic carbocycles. The monoisotopic (exact) mass is 246 g/mol. The quantitative estimate of drug-likeness (QED) is 0.785. The fourth-order valence-corrected chi connectivity index (χ4v) is 1.70. The van der Waals surface area contributed by atoms with Crippen molar-refractivity contribution < 1.29 is 4.74 Å². The van der Waals surface area contributed by atoms with Crippen LogP contribution in [0.25, 0.3) is 0 Å². The first kappa shape index (κ1) is 14.5. The Kier molecular flexibility index (Phi) is 5.18. The van der Waals surface area contributed by atoms with Crippen molar-refractivity contribution in [2.45, 2.75) is 45.6 Å². The molecule has 0 saturated heterocycles. The Morgan fingerprint density at radius 1 is 1.33 bits per heavy atom. The van der Waals surface area contributed by atoms with Crippen LogP contribution in [0.1, 0.15) is 37.3 Å². The van der Waals surface area contributed by atoms with Crippen LogP contribution in [0, 0.1) is 25.2 Å². The summed E-state index contributed by atoms with van der Waals surface area (Å²) in [6.45, 7) is 6.53. The second kappa shape index (κ2) is 6.42. The highest BCUT2D eigenvalue weighted by Gasteiger charge is 2.15. The summed E-state index contributed by atoms with van der Waals surface area (Å²) in [5.74, 6) is 0.950. The van der Waals surface area contributed by atoms with Crippen molar-refractivity contribution >= 4 is 0 Å². The van der Waals surface area contributed by atoms with E-state index in [1.165, 1.54) is 5.56 Å². The number of aryl methyl sites for hydroxylation is 2. The Bertz CT molecular complexity index is 433. The predicted molar refractivity (Wildman–Crippen MR) is 73.5 cm³/mol. The molecule has 0 fully saturated rings. The lowest BCUT2D eigenvalue weighted by atomic mass is 9.98. The van der Waals surface area contributed by atoms with Gasteiger partial charge in [-0.15, -0.1) is 0 Å². The summed E-state index contributed by atoms with van der Waals surface area (Å²) in [7, 11) is 0. The molecule has 0 aliphatic rings.